The van der Waals surface area contributed by atoms with Crippen molar-refractivity contribution in [2.24, 2.45) is 5.21 Å². The lowest BCUT2D eigenvalue weighted by Gasteiger charge is -1.97. The molecule has 0 rings (SSSR count). The molecule has 5 heteroatoms. The van der Waals surface area contributed by atoms with Gasteiger partial charge in [0, 0.05) is 12.6 Å². The van der Waals surface area contributed by atoms with Crippen molar-refractivity contribution >= 4 is 12.5 Å². The zero-order chi connectivity index (χ0) is 7.11. The molecule has 1 atom stereocenters. The Morgan fingerprint density at radius 2 is 2.44 bits per heavy atom. The first-order chi connectivity index (χ1) is 4.35. The largest absolute Gasteiger partial charge is 0.302 e. The molecule has 0 aliphatic carbocycles. The van der Waals surface area contributed by atoms with Crippen molar-refractivity contribution in [3.8, 4) is 0 Å². The van der Waals surface area contributed by atoms with Crippen LogP contribution in [0.25, 0.3) is 0 Å². The van der Waals surface area contributed by atoms with Crippen molar-refractivity contribution in [2.75, 3.05) is 0 Å². The maximum atomic E-state index is 11.3. The molecule has 1 N–H and O–H groups in total. The van der Waals surface area contributed by atoms with E-state index in [0.29, 0.717) is 6.29 Å². The maximum absolute atomic E-state index is 11.3. The molecular weight excluding hydrogens is 130 g/mol. The first-order valence-corrected chi connectivity index (χ1v) is 2.29. The van der Waals surface area contributed by atoms with Crippen molar-refractivity contribution in [1.29, 1.82) is 0 Å². The van der Waals surface area contributed by atoms with Gasteiger partial charge in [0.1, 0.15) is 6.29 Å². The predicted molar refractivity (Wildman–Crippen MR) is 28.3 cm³/mol. The van der Waals surface area contributed by atoms with E-state index in [1.165, 1.54) is 0 Å². The SMILES string of the molecule is O=CC(C/C=N/F)NF. The summed E-state index contributed by atoms with van der Waals surface area (Å²) >= 11 is 0. The second kappa shape index (κ2) is 5.30. The van der Waals surface area contributed by atoms with Crippen LogP contribution in [0.15, 0.2) is 5.21 Å². The molecule has 9 heavy (non-hydrogen) atoms. The first kappa shape index (κ1) is 8.16. The third-order valence-corrected chi connectivity index (χ3v) is 0.733. The van der Waals surface area contributed by atoms with Gasteiger partial charge in [-0.1, -0.05) is 9.70 Å². The van der Waals surface area contributed by atoms with Crippen LogP contribution in [0.5, 0.6) is 0 Å². The molecule has 0 bridgehead atoms. The smallest absolute Gasteiger partial charge is 0.139 e. The molecule has 0 aromatic carbocycles. The van der Waals surface area contributed by atoms with Crippen LogP contribution in [0.4, 0.5) is 8.96 Å². The number of aldehydes is 1. The minimum absolute atomic E-state index is 0.0729. The number of carbonyl (C=O) groups excluding carboxylic acids is 1. The minimum atomic E-state index is -0.982. The van der Waals surface area contributed by atoms with Crippen molar-refractivity contribution in [2.45, 2.75) is 12.5 Å². The Labute approximate surface area is 50.6 Å². The molecule has 0 aromatic rings. The van der Waals surface area contributed by atoms with E-state index in [0.717, 1.165) is 11.8 Å². The minimum Gasteiger partial charge on any atom is -0.302 e. The predicted octanol–water partition coefficient (Wildman–Crippen LogP) is 0.373. The van der Waals surface area contributed by atoms with E-state index in [9.17, 15) is 13.8 Å². The summed E-state index contributed by atoms with van der Waals surface area (Å²) in [5.41, 5.74) is 1.16. The summed E-state index contributed by atoms with van der Waals surface area (Å²) in [7, 11) is 0. The van der Waals surface area contributed by atoms with E-state index in [4.69, 9.17) is 0 Å². The van der Waals surface area contributed by atoms with Gasteiger partial charge in [0.2, 0.25) is 0 Å². The third kappa shape index (κ3) is 3.72. The number of rotatable bonds is 4. The highest BCUT2D eigenvalue weighted by Gasteiger charge is 2.01. The highest BCUT2D eigenvalue weighted by molar-refractivity contribution is 5.67. The van der Waals surface area contributed by atoms with Crippen LogP contribution in [-0.4, -0.2) is 18.5 Å². The van der Waals surface area contributed by atoms with E-state index in [1.54, 1.807) is 0 Å². The molecule has 0 saturated carbocycles. The van der Waals surface area contributed by atoms with Crippen molar-refractivity contribution in [3.63, 3.8) is 0 Å². The Balaban J connectivity index is 3.42. The van der Waals surface area contributed by atoms with Crippen LogP contribution in [0.1, 0.15) is 6.42 Å². The number of carbonyl (C=O) groups is 1. The number of halogens is 2. The number of nitrogens with one attached hydrogen (secondary N) is 1. The Morgan fingerprint density at radius 1 is 1.78 bits per heavy atom. The van der Waals surface area contributed by atoms with Gasteiger partial charge in [-0.05, 0) is 0 Å². The molecule has 0 aliphatic heterocycles. The molecule has 0 fully saturated rings. The van der Waals surface area contributed by atoms with E-state index in [2.05, 4.69) is 5.21 Å². The van der Waals surface area contributed by atoms with E-state index < -0.39 is 6.04 Å². The van der Waals surface area contributed by atoms with Crippen LogP contribution in [0.2, 0.25) is 0 Å². The lowest BCUT2D eigenvalue weighted by Crippen LogP contribution is -2.23. The zero-order valence-electron chi connectivity index (χ0n) is 4.55. The highest BCUT2D eigenvalue weighted by atomic mass is 19.2. The van der Waals surface area contributed by atoms with Gasteiger partial charge in [-0.15, -0.1) is 10.0 Å². The van der Waals surface area contributed by atoms with Crippen LogP contribution in [0, 0.1) is 0 Å². The van der Waals surface area contributed by atoms with E-state index >= 15 is 0 Å². The van der Waals surface area contributed by atoms with E-state index in [-0.39, 0.29) is 6.42 Å². The molecule has 3 nitrogen and oxygen atoms in total. The summed E-state index contributed by atoms with van der Waals surface area (Å²) < 4.78 is 22.2. The lowest BCUT2D eigenvalue weighted by molar-refractivity contribution is -0.110. The fourth-order valence-electron chi connectivity index (χ4n) is 0.279. The van der Waals surface area contributed by atoms with Gasteiger partial charge in [-0.2, -0.15) is 0 Å². The Kier molecular flexibility index (Phi) is 4.81. The van der Waals surface area contributed by atoms with Crippen molar-refractivity contribution < 1.29 is 13.8 Å². The first-order valence-electron chi connectivity index (χ1n) is 2.29. The average molecular weight is 136 g/mol. The maximum Gasteiger partial charge on any atom is 0.139 e. The van der Waals surface area contributed by atoms with Gasteiger partial charge >= 0.3 is 0 Å². The third-order valence-electron chi connectivity index (χ3n) is 0.733. The molecular formula is C4H6F2N2O. The summed E-state index contributed by atoms with van der Waals surface area (Å²) in [6.45, 7) is 0. The number of hydrogen-bond acceptors (Lipinski definition) is 3. The topological polar surface area (TPSA) is 41.5 Å². The van der Waals surface area contributed by atoms with Crippen LogP contribution < -0.4 is 5.54 Å². The van der Waals surface area contributed by atoms with Gasteiger partial charge in [-0.3, -0.25) is 0 Å². The normalized spacial score (nSPS) is 14.0. The molecule has 0 heterocycles. The summed E-state index contributed by atoms with van der Waals surface area (Å²) in [6, 6.07) is -0.982. The number of nitrogens with zero attached hydrogens (tertiary/aromatic N) is 1. The monoisotopic (exact) mass is 136 g/mol. The Morgan fingerprint density at radius 3 is 2.78 bits per heavy atom. The zero-order valence-corrected chi connectivity index (χ0v) is 4.55. The Bertz CT molecular complexity index is 107. The molecule has 0 amide bonds. The molecule has 0 aliphatic rings. The second-order valence-corrected chi connectivity index (χ2v) is 1.37. The highest BCUT2D eigenvalue weighted by Crippen LogP contribution is 1.83. The van der Waals surface area contributed by atoms with Gasteiger partial charge in [-0.25, -0.2) is 0 Å². The van der Waals surface area contributed by atoms with Crippen molar-refractivity contribution in [1.82, 2.24) is 5.54 Å². The van der Waals surface area contributed by atoms with Crippen LogP contribution in [-0.2, 0) is 4.79 Å². The summed E-state index contributed by atoms with van der Waals surface area (Å²) in [4.78, 5) is 9.76. The molecule has 0 aromatic heterocycles. The van der Waals surface area contributed by atoms with Gasteiger partial charge in [0.25, 0.3) is 0 Å². The standard InChI is InChI=1S/C4H6F2N2O/c5-7-2-1-4(3-9)8-6/h2-4,8H,1H2/b7-2+. The molecule has 0 saturated heterocycles. The van der Waals surface area contributed by atoms with Gasteiger partial charge in [0.05, 0.1) is 6.04 Å². The van der Waals surface area contributed by atoms with E-state index in [1.807, 2.05) is 0 Å². The van der Waals surface area contributed by atoms with Crippen LogP contribution in [0.3, 0.4) is 0 Å². The molecule has 0 spiro atoms. The second-order valence-electron chi connectivity index (χ2n) is 1.37. The van der Waals surface area contributed by atoms with Gasteiger partial charge < -0.3 is 4.79 Å². The van der Waals surface area contributed by atoms with Crippen LogP contribution >= 0.6 is 0 Å². The average Bonchev–Trinajstić information content (AvgIpc) is 1.91. The molecule has 52 valence electrons. The lowest BCUT2D eigenvalue weighted by atomic mass is 10.3. The van der Waals surface area contributed by atoms with Crippen molar-refractivity contribution in [3.05, 3.63) is 0 Å². The number of hydrogen-bond donors (Lipinski definition) is 1. The summed E-state index contributed by atoms with van der Waals surface area (Å²) in [5, 5.41) is 2.08. The van der Waals surface area contributed by atoms with Gasteiger partial charge in [0.15, 0.2) is 0 Å². The summed E-state index contributed by atoms with van der Waals surface area (Å²) in [6.07, 6.45) is 1.07. The molecule has 0 radical (unpaired) electrons. The quantitative estimate of drug-likeness (QED) is 0.344. The fourth-order valence-corrected chi connectivity index (χ4v) is 0.279. The summed E-state index contributed by atoms with van der Waals surface area (Å²) in [5.74, 6) is 0. The molecule has 1 unspecified atom stereocenters. The Hall–Kier alpha value is -0.840. The fraction of sp³-hybridized carbons (Fsp3) is 0.500.